The lowest BCUT2D eigenvalue weighted by Crippen LogP contribution is -2.10. The van der Waals surface area contributed by atoms with Gasteiger partial charge in [-0.1, -0.05) is 18.2 Å². The first kappa shape index (κ1) is 13.9. The predicted molar refractivity (Wildman–Crippen MR) is 84.5 cm³/mol. The molecule has 4 heteroatoms. The normalized spacial score (nSPS) is 11.4. The molecule has 0 saturated heterocycles. The van der Waals surface area contributed by atoms with Gasteiger partial charge in [-0.05, 0) is 39.4 Å². The lowest BCUT2D eigenvalue weighted by atomic mass is 10.1. The Hall–Kier alpha value is -2.07. The highest BCUT2D eigenvalue weighted by molar-refractivity contribution is 5.82. The Kier molecular flexibility index (Phi) is 3.55. The van der Waals surface area contributed by atoms with Crippen LogP contribution in [-0.2, 0) is 13.1 Å². The zero-order valence-electron chi connectivity index (χ0n) is 13.0. The number of hydrogen-bond donors (Lipinski definition) is 1. The van der Waals surface area contributed by atoms with Gasteiger partial charge in [0.05, 0.1) is 18.8 Å². The van der Waals surface area contributed by atoms with Gasteiger partial charge in [-0.3, -0.25) is 4.68 Å². The van der Waals surface area contributed by atoms with Crippen molar-refractivity contribution < 1.29 is 4.42 Å². The lowest BCUT2D eigenvalue weighted by molar-refractivity contribution is 0.517. The first-order chi connectivity index (χ1) is 10.1. The summed E-state index contributed by atoms with van der Waals surface area (Å²) in [5.74, 6) is 0.990. The summed E-state index contributed by atoms with van der Waals surface area (Å²) < 4.78 is 8.06. The molecule has 0 amide bonds. The fraction of sp³-hybridized carbons (Fsp3) is 0.353. The molecule has 2 heterocycles. The van der Waals surface area contributed by atoms with E-state index in [2.05, 4.69) is 48.0 Å². The number of para-hydroxylation sites is 1. The summed E-state index contributed by atoms with van der Waals surface area (Å²) in [5.41, 5.74) is 5.73. The first-order valence-corrected chi connectivity index (χ1v) is 7.26. The van der Waals surface area contributed by atoms with Gasteiger partial charge in [0.25, 0.3) is 0 Å². The molecule has 0 spiro atoms. The van der Waals surface area contributed by atoms with Gasteiger partial charge in [-0.15, -0.1) is 0 Å². The maximum Gasteiger partial charge on any atom is 0.134 e. The fourth-order valence-corrected chi connectivity index (χ4v) is 2.72. The van der Waals surface area contributed by atoms with Crippen LogP contribution in [0.15, 0.2) is 28.7 Å². The number of rotatable bonds is 4. The molecule has 0 bridgehead atoms. The summed E-state index contributed by atoms with van der Waals surface area (Å²) in [6, 6.07) is 8.19. The van der Waals surface area contributed by atoms with Gasteiger partial charge in [0.2, 0.25) is 0 Å². The Labute approximate surface area is 124 Å². The Morgan fingerprint density at radius 3 is 2.62 bits per heavy atom. The van der Waals surface area contributed by atoms with E-state index in [1.165, 1.54) is 22.2 Å². The SMILES string of the molecule is CNCc1oc2ccccc2c1Cn1nc(C)c(C)c1C. The minimum Gasteiger partial charge on any atom is -0.459 e. The van der Waals surface area contributed by atoms with Crippen LogP contribution in [0.1, 0.15) is 28.3 Å². The molecule has 3 aromatic rings. The third-order valence-electron chi connectivity index (χ3n) is 4.17. The average Bonchev–Trinajstić information content (AvgIpc) is 2.94. The Morgan fingerprint density at radius 1 is 1.19 bits per heavy atom. The number of benzene rings is 1. The standard InChI is InChI=1S/C17H21N3O/c1-11-12(2)19-20(13(11)3)10-15-14-7-5-6-8-16(14)21-17(15)9-18-4/h5-8,18H,9-10H2,1-4H3. The Balaban J connectivity index is 2.10. The van der Waals surface area contributed by atoms with Crippen LogP contribution in [0.2, 0.25) is 0 Å². The van der Waals surface area contributed by atoms with E-state index in [-0.39, 0.29) is 0 Å². The van der Waals surface area contributed by atoms with E-state index in [0.717, 1.165) is 30.1 Å². The predicted octanol–water partition coefficient (Wildman–Crippen LogP) is 3.32. The maximum atomic E-state index is 5.99. The van der Waals surface area contributed by atoms with Crippen molar-refractivity contribution in [3.63, 3.8) is 0 Å². The molecule has 0 fully saturated rings. The summed E-state index contributed by atoms with van der Waals surface area (Å²) in [6.07, 6.45) is 0. The third kappa shape index (κ3) is 2.36. The van der Waals surface area contributed by atoms with Crippen LogP contribution in [0, 0.1) is 20.8 Å². The number of aromatic nitrogens is 2. The molecule has 0 unspecified atom stereocenters. The first-order valence-electron chi connectivity index (χ1n) is 7.26. The molecule has 0 aliphatic carbocycles. The quantitative estimate of drug-likeness (QED) is 0.798. The van der Waals surface area contributed by atoms with Crippen LogP contribution >= 0.6 is 0 Å². The highest BCUT2D eigenvalue weighted by atomic mass is 16.3. The van der Waals surface area contributed by atoms with Crippen LogP contribution in [0.5, 0.6) is 0 Å². The molecular formula is C17H21N3O. The number of nitrogens with zero attached hydrogens (tertiary/aromatic N) is 2. The summed E-state index contributed by atoms with van der Waals surface area (Å²) in [7, 11) is 1.93. The molecule has 0 aliphatic rings. The molecular weight excluding hydrogens is 262 g/mol. The van der Waals surface area contributed by atoms with E-state index in [0.29, 0.717) is 0 Å². The van der Waals surface area contributed by atoms with E-state index in [1.54, 1.807) is 0 Å². The van der Waals surface area contributed by atoms with Crippen LogP contribution in [-0.4, -0.2) is 16.8 Å². The maximum absolute atomic E-state index is 5.99. The molecule has 4 nitrogen and oxygen atoms in total. The summed E-state index contributed by atoms with van der Waals surface area (Å²) in [4.78, 5) is 0. The second kappa shape index (κ2) is 5.37. The zero-order valence-corrected chi connectivity index (χ0v) is 13.0. The summed E-state index contributed by atoms with van der Waals surface area (Å²) >= 11 is 0. The molecule has 0 radical (unpaired) electrons. The average molecular weight is 283 g/mol. The van der Waals surface area contributed by atoms with Gasteiger partial charge >= 0.3 is 0 Å². The van der Waals surface area contributed by atoms with Crippen LogP contribution in [0.4, 0.5) is 0 Å². The second-order valence-corrected chi connectivity index (χ2v) is 5.48. The zero-order chi connectivity index (χ0) is 15.0. The topological polar surface area (TPSA) is 43.0 Å². The molecule has 0 saturated carbocycles. The van der Waals surface area contributed by atoms with Crippen LogP contribution < -0.4 is 5.32 Å². The van der Waals surface area contributed by atoms with Crippen molar-refractivity contribution in [1.82, 2.24) is 15.1 Å². The number of aryl methyl sites for hydroxylation is 1. The second-order valence-electron chi connectivity index (χ2n) is 5.48. The molecule has 110 valence electrons. The van der Waals surface area contributed by atoms with Crippen molar-refractivity contribution in [2.75, 3.05) is 7.05 Å². The van der Waals surface area contributed by atoms with Crippen molar-refractivity contribution in [2.24, 2.45) is 0 Å². The van der Waals surface area contributed by atoms with Gasteiger partial charge in [0.15, 0.2) is 0 Å². The molecule has 21 heavy (non-hydrogen) atoms. The van der Waals surface area contributed by atoms with Crippen molar-refractivity contribution in [3.8, 4) is 0 Å². The largest absolute Gasteiger partial charge is 0.459 e. The van der Waals surface area contributed by atoms with Crippen LogP contribution in [0.25, 0.3) is 11.0 Å². The smallest absolute Gasteiger partial charge is 0.134 e. The summed E-state index contributed by atoms with van der Waals surface area (Å²) in [6.45, 7) is 7.77. The molecule has 1 N–H and O–H groups in total. The minimum absolute atomic E-state index is 0.724. The Morgan fingerprint density at radius 2 is 1.95 bits per heavy atom. The third-order valence-corrected chi connectivity index (χ3v) is 4.17. The van der Waals surface area contributed by atoms with Crippen molar-refractivity contribution >= 4 is 11.0 Å². The molecule has 3 rings (SSSR count). The number of fused-ring (bicyclic) bond motifs is 1. The van der Waals surface area contributed by atoms with Gasteiger partial charge < -0.3 is 9.73 Å². The highest BCUT2D eigenvalue weighted by Crippen LogP contribution is 2.27. The minimum atomic E-state index is 0.724. The van der Waals surface area contributed by atoms with Crippen molar-refractivity contribution in [3.05, 3.63) is 52.5 Å². The number of nitrogens with one attached hydrogen (secondary N) is 1. The van der Waals surface area contributed by atoms with Gasteiger partial charge in [-0.25, -0.2) is 0 Å². The Bertz CT molecular complexity index is 783. The van der Waals surface area contributed by atoms with Crippen molar-refractivity contribution in [1.29, 1.82) is 0 Å². The lowest BCUT2D eigenvalue weighted by Gasteiger charge is -2.06. The van der Waals surface area contributed by atoms with Gasteiger partial charge in [-0.2, -0.15) is 5.10 Å². The van der Waals surface area contributed by atoms with E-state index in [4.69, 9.17) is 4.42 Å². The monoisotopic (exact) mass is 283 g/mol. The molecule has 1 aromatic carbocycles. The summed E-state index contributed by atoms with van der Waals surface area (Å²) in [5, 5.41) is 9.00. The van der Waals surface area contributed by atoms with Gasteiger partial charge in [0.1, 0.15) is 11.3 Å². The van der Waals surface area contributed by atoms with Gasteiger partial charge in [0, 0.05) is 16.6 Å². The van der Waals surface area contributed by atoms with E-state index >= 15 is 0 Å². The fourth-order valence-electron chi connectivity index (χ4n) is 2.72. The highest BCUT2D eigenvalue weighted by Gasteiger charge is 2.16. The van der Waals surface area contributed by atoms with Crippen molar-refractivity contribution in [2.45, 2.75) is 33.9 Å². The van der Waals surface area contributed by atoms with E-state index in [9.17, 15) is 0 Å². The van der Waals surface area contributed by atoms with E-state index in [1.807, 2.05) is 19.2 Å². The van der Waals surface area contributed by atoms with E-state index < -0.39 is 0 Å². The molecule has 2 aromatic heterocycles. The molecule has 0 aliphatic heterocycles. The molecule has 0 atom stereocenters. The number of hydrogen-bond acceptors (Lipinski definition) is 3. The van der Waals surface area contributed by atoms with Crippen LogP contribution in [0.3, 0.4) is 0 Å². The number of furan rings is 1.